The third kappa shape index (κ3) is 1.89. The Labute approximate surface area is 81.1 Å². The molecule has 72 valence electrons. The number of aryl methyl sites for hydroxylation is 1. The first-order chi connectivity index (χ1) is 5.84. The van der Waals surface area contributed by atoms with Crippen molar-refractivity contribution in [1.29, 1.82) is 0 Å². The van der Waals surface area contributed by atoms with Crippen molar-refractivity contribution in [2.75, 3.05) is 0 Å². The van der Waals surface area contributed by atoms with Crippen molar-refractivity contribution in [1.82, 2.24) is 9.78 Å². The van der Waals surface area contributed by atoms with Crippen LogP contribution >= 0.6 is 11.6 Å². The van der Waals surface area contributed by atoms with Gasteiger partial charge in [0.1, 0.15) is 11.3 Å². The average molecular weight is 203 g/mol. The second-order valence-electron chi connectivity index (χ2n) is 3.35. The third-order valence-corrected chi connectivity index (χ3v) is 1.94. The lowest BCUT2D eigenvalue weighted by Crippen LogP contribution is -2.32. The second-order valence-corrected chi connectivity index (χ2v) is 3.76. The molecule has 1 aromatic rings. The molecule has 0 bridgehead atoms. The molecule has 4 nitrogen and oxygen atoms in total. The van der Waals surface area contributed by atoms with Crippen LogP contribution in [-0.4, -0.2) is 26.3 Å². The monoisotopic (exact) mass is 202 g/mol. The van der Waals surface area contributed by atoms with Crippen LogP contribution in [0.1, 0.15) is 24.3 Å². The molecule has 1 N–H and O–H groups in total. The molecule has 0 aliphatic carbocycles. The van der Waals surface area contributed by atoms with Gasteiger partial charge >= 0.3 is 0 Å². The Bertz CT molecular complexity index is 319. The van der Waals surface area contributed by atoms with Gasteiger partial charge in [0.2, 0.25) is 5.78 Å². The number of carbonyl (C=O) groups is 1. The maximum absolute atomic E-state index is 11.6. The topological polar surface area (TPSA) is 55.1 Å². The van der Waals surface area contributed by atoms with Gasteiger partial charge in [-0.1, -0.05) is 11.6 Å². The smallest absolute Gasteiger partial charge is 0.213 e. The van der Waals surface area contributed by atoms with Crippen LogP contribution in [0.3, 0.4) is 0 Å². The Morgan fingerprint density at radius 1 is 1.69 bits per heavy atom. The van der Waals surface area contributed by atoms with E-state index in [1.54, 1.807) is 7.05 Å². The van der Waals surface area contributed by atoms with E-state index in [0.29, 0.717) is 0 Å². The number of hydrogen-bond donors (Lipinski definition) is 1. The molecular formula is C8H11ClN2O2. The van der Waals surface area contributed by atoms with E-state index in [9.17, 15) is 9.90 Å². The van der Waals surface area contributed by atoms with Gasteiger partial charge in [-0.25, -0.2) is 0 Å². The first-order valence-corrected chi connectivity index (χ1v) is 4.16. The summed E-state index contributed by atoms with van der Waals surface area (Å²) in [6.07, 6.45) is 1.38. The van der Waals surface area contributed by atoms with E-state index in [-0.39, 0.29) is 10.7 Å². The van der Waals surface area contributed by atoms with Gasteiger partial charge in [-0.05, 0) is 13.8 Å². The van der Waals surface area contributed by atoms with Crippen molar-refractivity contribution >= 4 is 17.4 Å². The van der Waals surface area contributed by atoms with Gasteiger partial charge in [0.15, 0.2) is 0 Å². The number of rotatable bonds is 2. The Kier molecular flexibility index (Phi) is 2.45. The first-order valence-electron chi connectivity index (χ1n) is 3.78. The third-order valence-electron chi connectivity index (χ3n) is 1.66. The quantitative estimate of drug-likeness (QED) is 0.729. The second kappa shape index (κ2) is 3.12. The number of halogens is 1. The molecule has 1 rings (SSSR count). The number of Topliss-reactive ketones (excluding diaryl/α,β-unsaturated/α-hetero) is 1. The fourth-order valence-electron chi connectivity index (χ4n) is 0.956. The summed E-state index contributed by atoms with van der Waals surface area (Å²) in [6, 6.07) is 0. The van der Waals surface area contributed by atoms with Gasteiger partial charge in [0.25, 0.3) is 0 Å². The van der Waals surface area contributed by atoms with Gasteiger partial charge in [-0.3, -0.25) is 9.48 Å². The summed E-state index contributed by atoms with van der Waals surface area (Å²) in [5, 5.41) is 13.5. The Balaban J connectivity index is 3.16. The summed E-state index contributed by atoms with van der Waals surface area (Å²) in [4.78, 5) is 11.6. The van der Waals surface area contributed by atoms with Crippen molar-refractivity contribution in [2.45, 2.75) is 19.4 Å². The van der Waals surface area contributed by atoms with E-state index in [4.69, 9.17) is 11.6 Å². The molecule has 0 aromatic carbocycles. The van der Waals surface area contributed by atoms with Crippen LogP contribution in [0.4, 0.5) is 0 Å². The summed E-state index contributed by atoms with van der Waals surface area (Å²) in [7, 11) is 1.60. The Hall–Kier alpha value is -0.870. The zero-order valence-corrected chi connectivity index (χ0v) is 8.46. The van der Waals surface area contributed by atoms with Crippen LogP contribution in [0.5, 0.6) is 0 Å². The highest BCUT2D eigenvalue weighted by atomic mass is 35.5. The number of aromatic nitrogens is 2. The van der Waals surface area contributed by atoms with Crippen LogP contribution in [0, 0.1) is 0 Å². The molecule has 0 aliphatic heterocycles. The predicted octanol–water partition coefficient (Wildman–Crippen LogP) is 1.03. The van der Waals surface area contributed by atoms with Gasteiger partial charge in [0.05, 0.1) is 11.2 Å². The number of aliphatic hydroxyl groups is 1. The number of ketones is 1. The molecule has 0 saturated carbocycles. The van der Waals surface area contributed by atoms with Crippen LogP contribution in [0.2, 0.25) is 5.02 Å². The standard InChI is InChI=1S/C8H11ClN2O2/c1-8(2,13)7(12)6-5(9)4-10-11(6)3/h4,13H,1-3H3. The highest BCUT2D eigenvalue weighted by molar-refractivity contribution is 6.33. The van der Waals surface area contributed by atoms with E-state index in [0.717, 1.165) is 0 Å². The zero-order chi connectivity index (χ0) is 10.2. The Morgan fingerprint density at radius 2 is 2.23 bits per heavy atom. The molecule has 0 spiro atoms. The fourth-order valence-corrected chi connectivity index (χ4v) is 1.21. The normalized spacial score (nSPS) is 11.8. The molecule has 1 aromatic heterocycles. The van der Waals surface area contributed by atoms with Gasteiger partial charge in [-0.15, -0.1) is 0 Å². The maximum atomic E-state index is 11.6. The van der Waals surface area contributed by atoms with Crippen LogP contribution in [0.15, 0.2) is 6.20 Å². The lowest BCUT2D eigenvalue weighted by Gasteiger charge is -2.15. The van der Waals surface area contributed by atoms with Crippen LogP contribution in [-0.2, 0) is 7.05 Å². The fraction of sp³-hybridized carbons (Fsp3) is 0.500. The van der Waals surface area contributed by atoms with E-state index < -0.39 is 11.4 Å². The number of nitrogens with zero attached hydrogens (tertiary/aromatic N) is 2. The van der Waals surface area contributed by atoms with Gasteiger partial charge in [-0.2, -0.15) is 5.10 Å². The minimum atomic E-state index is -1.42. The lowest BCUT2D eigenvalue weighted by molar-refractivity contribution is 0.0478. The molecule has 0 unspecified atom stereocenters. The van der Waals surface area contributed by atoms with Crippen molar-refractivity contribution in [3.63, 3.8) is 0 Å². The summed E-state index contributed by atoms with van der Waals surface area (Å²) in [6.45, 7) is 2.83. The minimum Gasteiger partial charge on any atom is -0.382 e. The zero-order valence-electron chi connectivity index (χ0n) is 7.71. The molecule has 0 radical (unpaired) electrons. The van der Waals surface area contributed by atoms with E-state index in [1.165, 1.54) is 24.7 Å². The molecule has 13 heavy (non-hydrogen) atoms. The molecule has 1 heterocycles. The average Bonchev–Trinajstić information content (AvgIpc) is 2.28. The highest BCUT2D eigenvalue weighted by Crippen LogP contribution is 2.19. The molecule has 0 saturated heterocycles. The number of hydrogen-bond acceptors (Lipinski definition) is 3. The van der Waals surface area contributed by atoms with Crippen molar-refractivity contribution < 1.29 is 9.90 Å². The molecule has 0 amide bonds. The van der Waals surface area contributed by atoms with E-state index >= 15 is 0 Å². The first kappa shape index (κ1) is 10.2. The SMILES string of the molecule is Cn1ncc(Cl)c1C(=O)C(C)(C)O. The van der Waals surface area contributed by atoms with Crippen molar-refractivity contribution in [3.05, 3.63) is 16.9 Å². The number of carbonyl (C=O) groups excluding carboxylic acids is 1. The van der Waals surface area contributed by atoms with Crippen LogP contribution in [0.25, 0.3) is 0 Å². The highest BCUT2D eigenvalue weighted by Gasteiger charge is 2.29. The maximum Gasteiger partial charge on any atom is 0.213 e. The van der Waals surface area contributed by atoms with Gasteiger partial charge in [0, 0.05) is 7.05 Å². The van der Waals surface area contributed by atoms with Crippen LogP contribution < -0.4 is 0 Å². The molecule has 0 fully saturated rings. The molecule has 5 heteroatoms. The van der Waals surface area contributed by atoms with Gasteiger partial charge < -0.3 is 5.11 Å². The van der Waals surface area contributed by atoms with Crippen molar-refractivity contribution in [3.8, 4) is 0 Å². The Morgan fingerprint density at radius 3 is 2.54 bits per heavy atom. The molecule has 0 atom stereocenters. The summed E-state index contributed by atoms with van der Waals surface area (Å²) in [5.74, 6) is -0.433. The summed E-state index contributed by atoms with van der Waals surface area (Å²) >= 11 is 5.73. The summed E-state index contributed by atoms with van der Waals surface area (Å²) < 4.78 is 1.35. The largest absolute Gasteiger partial charge is 0.382 e. The minimum absolute atomic E-state index is 0.231. The molecule has 0 aliphatic rings. The van der Waals surface area contributed by atoms with E-state index in [2.05, 4.69) is 5.10 Å². The predicted molar refractivity (Wildman–Crippen MR) is 48.8 cm³/mol. The summed E-state index contributed by atoms with van der Waals surface area (Å²) in [5.41, 5.74) is -1.19. The van der Waals surface area contributed by atoms with Crippen molar-refractivity contribution in [2.24, 2.45) is 7.05 Å². The lowest BCUT2D eigenvalue weighted by atomic mass is 10.0. The molecular weight excluding hydrogens is 192 g/mol. The van der Waals surface area contributed by atoms with E-state index in [1.807, 2.05) is 0 Å².